The number of rotatable bonds is 3. The van der Waals surface area contributed by atoms with E-state index in [0.29, 0.717) is 0 Å². The number of aryl methyl sites for hydroxylation is 1. The van der Waals surface area contributed by atoms with Crippen molar-refractivity contribution in [1.29, 1.82) is 0 Å². The van der Waals surface area contributed by atoms with Gasteiger partial charge in [0.1, 0.15) is 17.9 Å². The number of ether oxygens (including phenoxy) is 1. The first kappa shape index (κ1) is 12.4. The van der Waals surface area contributed by atoms with Crippen molar-refractivity contribution in [1.82, 2.24) is 9.97 Å². The van der Waals surface area contributed by atoms with E-state index in [1.165, 1.54) is 5.56 Å². The van der Waals surface area contributed by atoms with Crippen LogP contribution in [0.25, 0.3) is 10.9 Å². The summed E-state index contributed by atoms with van der Waals surface area (Å²) < 4.78 is 5.15. The Morgan fingerprint density at radius 2 is 1.80 bits per heavy atom. The zero-order valence-electron chi connectivity index (χ0n) is 11.4. The maximum atomic E-state index is 5.15. The van der Waals surface area contributed by atoms with Crippen molar-refractivity contribution in [2.75, 3.05) is 12.4 Å². The van der Waals surface area contributed by atoms with Crippen molar-refractivity contribution in [3.05, 3.63) is 54.4 Å². The molecule has 20 heavy (non-hydrogen) atoms. The number of nitrogens with zero attached hydrogens (tertiary/aromatic N) is 2. The van der Waals surface area contributed by atoms with Gasteiger partial charge in [0.25, 0.3) is 0 Å². The van der Waals surface area contributed by atoms with E-state index in [4.69, 9.17) is 4.74 Å². The third kappa shape index (κ3) is 2.40. The predicted molar refractivity (Wildman–Crippen MR) is 80.6 cm³/mol. The molecule has 3 rings (SSSR count). The summed E-state index contributed by atoms with van der Waals surface area (Å²) >= 11 is 0. The van der Waals surface area contributed by atoms with Crippen molar-refractivity contribution in [3.63, 3.8) is 0 Å². The minimum atomic E-state index is 0.809. The second-order valence-electron chi connectivity index (χ2n) is 4.60. The van der Waals surface area contributed by atoms with Gasteiger partial charge in [-0.2, -0.15) is 0 Å². The SMILES string of the molecule is COc1ccc(Nc2ncnc3ccc(C)cc23)cc1. The van der Waals surface area contributed by atoms with Crippen LogP contribution < -0.4 is 10.1 Å². The summed E-state index contributed by atoms with van der Waals surface area (Å²) in [6, 6.07) is 13.9. The molecule has 3 aromatic rings. The molecule has 0 atom stereocenters. The Balaban J connectivity index is 1.99. The molecule has 0 radical (unpaired) electrons. The van der Waals surface area contributed by atoms with Crippen LogP contribution >= 0.6 is 0 Å². The number of hydrogen-bond acceptors (Lipinski definition) is 4. The van der Waals surface area contributed by atoms with Gasteiger partial charge in [-0.1, -0.05) is 11.6 Å². The van der Waals surface area contributed by atoms with Crippen LogP contribution in [0.15, 0.2) is 48.8 Å². The molecular weight excluding hydrogens is 250 g/mol. The van der Waals surface area contributed by atoms with Gasteiger partial charge >= 0.3 is 0 Å². The van der Waals surface area contributed by atoms with E-state index in [-0.39, 0.29) is 0 Å². The fourth-order valence-electron chi connectivity index (χ4n) is 2.08. The lowest BCUT2D eigenvalue weighted by Crippen LogP contribution is -1.96. The lowest BCUT2D eigenvalue weighted by molar-refractivity contribution is 0.415. The summed E-state index contributed by atoms with van der Waals surface area (Å²) in [4.78, 5) is 8.61. The van der Waals surface area contributed by atoms with Crippen LogP contribution in [0, 0.1) is 6.92 Å². The van der Waals surface area contributed by atoms with E-state index in [1.54, 1.807) is 13.4 Å². The Morgan fingerprint density at radius 3 is 2.55 bits per heavy atom. The second kappa shape index (κ2) is 5.17. The monoisotopic (exact) mass is 265 g/mol. The lowest BCUT2D eigenvalue weighted by Gasteiger charge is -2.09. The van der Waals surface area contributed by atoms with E-state index >= 15 is 0 Å². The van der Waals surface area contributed by atoms with Crippen molar-refractivity contribution in [3.8, 4) is 5.75 Å². The molecule has 0 amide bonds. The van der Waals surface area contributed by atoms with Crippen LogP contribution in [0.3, 0.4) is 0 Å². The molecule has 2 aromatic carbocycles. The third-order valence-electron chi connectivity index (χ3n) is 3.14. The minimum Gasteiger partial charge on any atom is -0.497 e. The van der Waals surface area contributed by atoms with Crippen molar-refractivity contribution < 1.29 is 4.74 Å². The fraction of sp³-hybridized carbons (Fsp3) is 0.125. The molecule has 0 aliphatic heterocycles. The van der Waals surface area contributed by atoms with Crippen LogP contribution in [0.5, 0.6) is 5.75 Å². The molecule has 1 N–H and O–H groups in total. The lowest BCUT2D eigenvalue weighted by atomic mass is 10.1. The first-order chi connectivity index (χ1) is 9.76. The van der Waals surface area contributed by atoms with E-state index in [0.717, 1.165) is 28.2 Å². The molecule has 4 heteroatoms. The van der Waals surface area contributed by atoms with Gasteiger partial charge in [-0.3, -0.25) is 0 Å². The number of benzene rings is 2. The highest BCUT2D eigenvalue weighted by molar-refractivity contribution is 5.91. The molecule has 0 saturated heterocycles. The highest BCUT2D eigenvalue weighted by Crippen LogP contribution is 2.24. The summed E-state index contributed by atoms with van der Waals surface area (Å²) in [5.74, 6) is 1.64. The molecule has 4 nitrogen and oxygen atoms in total. The summed E-state index contributed by atoms with van der Waals surface area (Å²) in [6.07, 6.45) is 1.57. The van der Waals surface area contributed by atoms with E-state index < -0.39 is 0 Å². The number of nitrogens with one attached hydrogen (secondary N) is 1. The molecular formula is C16H15N3O. The van der Waals surface area contributed by atoms with Gasteiger partial charge in [-0.15, -0.1) is 0 Å². The molecule has 0 aliphatic rings. The third-order valence-corrected chi connectivity index (χ3v) is 3.14. The minimum absolute atomic E-state index is 0.809. The largest absolute Gasteiger partial charge is 0.497 e. The van der Waals surface area contributed by atoms with E-state index in [1.807, 2.05) is 36.4 Å². The van der Waals surface area contributed by atoms with Crippen molar-refractivity contribution >= 4 is 22.4 Å². The number of anilines is 2. The molecule has 0 fully saturated rings. The topological polar surface area (TPSA) is 47.0 Å². The molecule has 0 spiro atoms. The quantitative estimate of drug-likeness (QED) is 0.784. The molecule has 0 saturated carbocycles. The molecule has 0 unspecified atom stereocenters. The Bertz CT molecular complexity index is 738. The van der Waals surface area contributed by atoms with Crippen LogP contribution in [0.2, 0.25) is 0 Å². The van der Waals surface area contributed by atoms with E-state index in [9.17, 15) is 0 Å². The zero-order chi connectivity index (χ0) is 13.9. The van der Waals surface area contributed by atoms with Gasteiger partial charge in [0.05, 0.1) is 12.6 Å². The van der Waals surface area contributed by atoms with Gasteiger partial charge in [0.15, 0.2) is 0 Å². The summed E-state index contributed by atoms with van der Waals surface area (Å²) in [5, 5.41) is 4.34. The molecule has 1 aromatic heterocycles. The Labute approximate surface area is 117 Å². The predicted octanol–water partition coefficient (Wildman–Crippen LogP) is 3.69. The van der Waals surface area contributed by atoms with Crippen LogP contribution in [-0.2, 0) is 0 Å². The number of aromatic nitrogens is 2. The Morgan fingerprint density at radius 1 is 1.00 bits per heavy atom. The van der Waals surface area contributed by atoms with E-state index in [2.05, 4.69) is 28.3 Å². The number of fused-ring (bicyclic) bond motifs is 1. The van der Waals surface area contributed by atoms with Crippen LogP contribution in [-0.4, -0.2) is 17.1 Å². The van der Waals surface area contributed by atoms with Gasteiger partial charge in [-0.25, -0.2) is 9.97 Å². The zero-order valence-corrected chi connectivity index (χ0v) is 11.4. The average Bonchev–Trinajstić information content (AvgIpc) is 2.49. The van der Waals surface area contributed by atoms with Crippen molar-refractivity contribution in [2.24, 2.45) is 0 Å². The summed E-state index contributed by atoms with van der Waals surface area (Å²) in [5.41, 5.74) is 3.08. The second-order valence-corrected chi connectivity index (χ2v) is 4.60. The summed E-state index contributed by atoms with van der Waals surface area (Å²) in [6.45, 7) is 2.06. The molecule has 1 heterocycles. The van der Waals surface area contributed by atoms with Crippen molar-refractivity contribution in [2.45, 2.75) is 6.92 Å². The fourth-order valence-corrected chi connectivity index (χ4v) is 2.08. The average molecular weight is 265 g/mol. The van der Waals surface area contributed by atoms with Gasteiger partial charge in [-0.05, 0) is 43.3 Å². The van der Waals surface area contributed by atoms with Gasteiger partial charge < -0.3 is 10.1 Å². The number of hydrogen-bond donors (Lipinski definition) is 1. The molecule has 100 valence electrons. The Kier molecular flexibility index (Phi) is 3.21. The maximum absolute atomic E-state index is 5.15. The maximum Gasteiger partial charge on any atom is 0.141 e. The van der Waals surface area contributed by atoms with Gasteiger partial charge in [0.2, 0.25) is 0 Å². The van der Waals surface area contributed by atoms with Crippen LogP contribution in [0.4, 0.5) is 11.5 Å². The summed E-state index contributed by atoms with van der Waals surface area (Å²) in [7, 11) is 1.66. The highest BCUT2D eigenvalue weighted by Gasteiger charge is 2.04. The van der Waals surface area contributed by atoms with Gasteiger partial charge in [0, 0.05) is 11.1 Å². The standard InChI is InChI=1S/C16H15N3O/c1-11-3-8-15-14(9-11)16(18-10-17-15)19-12-4-6-13(20-2)7-5-12/h3-10H,1-2H3,(H,17,18,19). The molecule has 0 aliphatic carbocycles. The smallest absolute Gasteiger partial charge is 0.141 e. The molecule has 0 bridgehead atoms. The normalized spacial score (nSPS) is 10.5. The first-order valence-corrected chi connectivity index (χ1v) is 6.39. The van der Waals surface area contributed by atoms with Crippen LogP contribution in [0.1, 0.15) is 5.56 Å². The highest BCUT2D eigenvalue weighted by atomic mass is 16.5. The Hall–Kier alpha value is -2.62. The first-order valence-electron chi connectivity index (χ1n) is 6.39. The number of methoxy groups -OCH3 is 1.